The van der Waals surface area contributed by atoms with E-state index in [2.05, 4.69) is 4.90 Å². The summed E-state index contributed by atoms with van der Waals surface area (Å²) in [5.74, 6) is -0.187. The van der Waals surface area contributed by atoms with Crippen LogP contribution in [0.25, 0.3) is 0 Å². The topological polar surface area (TPSA) is 23.5 Å². The molecule has 1 saturated carbocycles. The standard InChI is InChI=1S/C15H22FNO/c1-11-7-8-13(16)9-12(11)10-17(2)14-5-3-4-6-15(14)18/h7-9,14-15,18H,3-6,10H2,1-2H3. The van der Waals surface area contributed by atoms with E-state index in [1.165, 1.54) is 12.5 Å². The summed E-state index contributed by atoms with van der Waals surface area (Å²) in [6, 6.07) is 5.12. The molecule has 0 aliphatic heterocycles. The van der Waals surface area contributed by atoms with Crippen molar-refractivity contribution in [3.05, 3.63) is 35.1 Å². The number of aryl methyl sites for hydroxylation is 1. The lowest BCUT2D eigenvalue weighted by Crippen LogP contribution is -2.42. The maximum atomic E-state index is 13.2. The average Bonchev–Trinajstić information content (AvgIpc) is 2.34. The fraction of sp³-hybridized carbons (Fsp3) is 0.600. The molecule has 0 heterocycles. The van der Waals surface area contributed by atoms with Crippen LogP contribution in [-0.4, -0.2) is 29.2 Å². The highest BCUT2D eigenvalue weighted by molar-refractivity contribution is 5.26. The van der Waals surface area contributed by atoms with Gasteiger partial charge in [-0.15, -0.1) is 0 Å². The van der Waals surface area contributed by atoms with Crippen LogP contribution >= 0.6 is 0 Å². The largest absolute Gasteiger partial charge is 0.391 e. The van der Waals surface area contributed by atoms with Gasteiger partial charge >= 0.3 is 0 Å². The maximum Gasteiger partial charge on any atom is 0.123 e. The van der Waals surface area contributed by atoms with Gasteiger partial charge in [0.05, 0.1) is 6.10 Å². The molecule has 2 nitrogen and oxygen atoms in total. The Morgan fingerprint density at radius 2 is 2.06 bits per heavy atom. The van der Waals surface area contributed by atoms with Crippen molar-refractivity contribution in [2.75, 3.05) is 7.05 Å². The Hall–Kier alpha value is -0.930. The van der Waals surface area contributed by atoms with Crippen LogP contribution in [-0.2, 0) is 6.54 Å². The maximum absolute atomic E-state index is 13.2. The van der Waals surface area contributed by atoms with E-state index >= 15 is 0 Å². The van der Waals surface area contributed by atoms with Gasteiger partial charge in [-0.25, -0.2) is 4.39 Å². The lowest BCUT2D eigenvalue weighted by molar-refractivity contribution is 0.0287. The summed E-state index contributed by atoms with van der Waals surface area (Å²) in [5, 5.41) is 10.0. The number of likely N-dealkylation sites (N-methyl/N-ethyl adjacent to an activating group) is 1. The van der Waals surface area contributed by atoms with Crippen LogP contribution < -0.4 is 0 Å². The number of aliphatic hydroxyl groups excluding tert-OH is 1. The molecule has 1 N–H and O–H groups in total. The first-order valence-electron chi connectivity index (χ1n) is 6.71. The molecule has 0 aromatic heterocycles. The second-order valence-electron chi connectivity index (χ2n) is 5.41. The molecular weight excluding hydrogens is 229 g/mol. The third kappa shape index (κ3) is 3.09. The summed E-state index contributed by atoms with van der Waals surface area (Å²) in [6.45, 7) is 2.70. The van der Waals surface area contributed by atoms with Gasteiger partial charge in [0, 0.05) is 12.6 Å². The summed E-state index contributed by atoms with van der Waals surface area (Å²) < 4.78 is 13.2. The number of nitrogens with zero attached hydrogens (tertiary/aromatic N) is 1. The highest BCUT2D eigenvalue weighted by Crippen LogP contribution is 2.24. The van der Waals surface area contributed by atoms with E-state index in [1.807, 2.05) is 20.0 Å². The monoisotopic (exact) mass is 251 g/mol. The van der Waals surface area contributed by atoms with Crippen LogP contribution in [0.3, 0.4) is 0 Å². The molecule has 0 amide bonds. The molecule has 1 aromatic carbocycles. The zero-order chi connectivity index (χ0) is 13.1. The van der Waals surface area contributed by atoms with Gasteiger partial charge in [0.15, 0.2) is 0 Å². The smallest absolute Gasteiger partial charge is 0.123 e. The van der Waals surface area contributed by atoms with Crippen LogP contribution in [0.15, 0.2) is 18.2 Å². The van der Waals surface area contributed by atoms with Crippen LogP contribution in [0.5, 0.6) is 0 Å². The van der Waals surface area contributed by atoms with Gasteiger partial charge in [-0.1, -0.05) is 18.9 Å². The molecule has 2 rings (SSSR count). The molecule has 0 saturated heterocycles. The molecule has 1 aliphatic carbocycles. The molecule has 18 heavy (non-hydrogen) atoms. The molecule has 3 heteroatoms. The van der Waals surface area contributed by atoms with Gasteiger partial charge in [0.2, 0.25) is 0 Å². The fourth-order valence-corrected chi connectivity index (χ4v) is 2.80. The summed E-state index contributed by atoms with van der Waals surface area (Å²) in [5.41, 5.74) is 2.11. The van der Waals surface area contributed by atoms with Crippen molar-refractivity contribution in [3.8, 4) is 0 Å². The summed E-state index contributed by atoms with van der Waals surface area (Å²) in [4.78, 5) is 2.16. The van der Waals surface area contributed by atoms with E-state index in [4.69, 9.17) is 0 Å². The van der Waals surface area contributed by atoms with Crippen LogP contribution in [0.1, 0.15) is 36.8 Å². The Labute approximate surface area is 108 Å². The highest BCUT2D eigenvalue weighted by Gasteiger charge is 2.26. The van der Waals surface area contributed by atoms with E-state index in [9.17, 15) is 9.50 Å². The zero-order valence-electron chi connectivity index (χ0n) is 11.2. The van der Waals surface area contributed by atoms with Gasteiger partial charge in [-0.3, -0.25) is 4.90 Å². The minimum absolute atomic E-state index is 0.187. The van der Waals surface area contributed by atoms with Gasteiger partial charge < -0.3 is 5.11 Å². The van der Waals surface area contributed by atoms with Crippen molar-refractivity contribution in [2.45, 2.75) is 51.3 Å². The van der Waals surface area contributed by atoms with E-state index in [0.29, 0.717) is 6.54 Å². The zero-order valence-corrected chi connectivity index (χ0v) is 11.2. The van der Waals surface area contributed by atoms with Gasteiger partial charge in [-0.2, -0.15) is 0 Å². The molecule has 1 fully saturated rings. The minimum Gasteiger partial charge on any atom is -0.391 e. The molecular formula is C15H22FNO. The lowest BCUT2D eigenvalue weighted by atomic mass is 9.91. The number of halogens is 1. The molecule has 0 radical (unpaired) electrons. The molecule has 1 aliphatic rings. The average molecular weight is 251 g/mol. The number of hydrogen-bond acceptors (Lipinski definition) is 2. The number of rotatable bonds is 3. The Morgan fingerprint density at radius 3 is 2.78 bits per heavy atom. The second-order valence-corrected chi connectivity index (χ2v) is 5.41. The lowest BCUT2D eigenvalue weighted by Gasteiger charge is -2.35. The third-order valence-electron chi connectivity index (χ3n) is 3.99. The Morgan fingerprint density at radius 1 is 1.33 bits per heavy atom. The molecule has 1 aromatic rings. The van der Waals surface area contributed by atoms with Crippen LogP contribution in [0.2, 0.25) is 0 Å². The van der Waals surface area contributed by atoms with Crippen molar-refractivity contribution < 1.29 is 9.50 Å². The normalized spacial score (nSPS) is 24.5. The molecule has 2 unspecified atom stereocenters. The third-order valence-corrected chi connectivity index (χ3v) is 3.99. The highest BCUT2D eigenvalue weighted by atomic mass is 19.1. The Kier molecular flexibility index (Phi) is 4.36. The number of benzene rings is 1. The quantitative estimate of drug-likeness (QED) is 0.893. The molecule has 2 atom stereocenters. The molecule has 100 valence electrons. The van der Waals surface area contributed by atoms with Gasteiger partial charge in [0.1, 0.15) is 5.82 Å². The Bertz CT molecular complexity index is 407. The van der Waals surface area contributed by atoms with Gasteiger partial charge in [0.25, 0.3) is 0 Å². The van der Waals surface area contributed by atoms with Crippen molar-refractivity contribution in [2.24, 2.45) is 0 Å². The SMILES string of the molecule is Cc1ccc(F)cc1CN(C)C1CCCCC1O. The first kappa shape index (κ1) is 13.5. The van der Waals surface area contributed by atoms with Crippen molar-refractivity contribution >= 4 is 0 Å². The number of hydrogen-bond donors (Lipinski definition) is 1. The summed E-state index contributed by atoms with van der Waals surface area (Å²) in [6.07, 6.45) is 3.97. The predicted octanol–water partition coefficient (Wildman–Crippen LogP) is 2.87. The van der Waals surface area contributed by atoms with Gasteiger partial charge in [-0.05, 0) is 50.1 Å². The van der Waals surface area contributed by atoms with Crippen molar-refractivity contribution in [3.63, 3.8) is 0 Å². The second kappa shape index (κ2) is 5.81. The van der Waals surface area contributed by atoms with E-state index < -0.39 is 0 Å². The first-order valence-corrected chi connectivity index (χ1v) is 6.71. The summed E-state index contributed by atoms with van der Waals surface area (Å²) >= 11 is 0. The molecule has 0 spiro atoms. The minimum atomic E-state index is -0.238. The number of aliphatic hydroxyl groups is 1. The molecule has 0 bridgehead atoms. The van der Waals surface area contributed by atoms with Crippen molar-refractivity contribution in [1.29, 1.82) is 0 Å². The van der Waals surface area contributed by atoms with E-state index in [-0.39, 0.29) is 18.0 Å². The van der Waals surface area contributed by atoms with Crippen LogP contribution in [0.4, 0.5) is 4.39 Å². The van der Waals surface area contributed by atoms with Crippen molar-refractivity contribution in [1.82, 2.24) is 4.90 Å². The first-order chi connectivity index (χ1) is 8.58. The van der Waals surface area contributed by atoms with E-state index in [1.54, 1.807) is 6.07 Å². The Balaban J connectivity index is 2.05. The van der Waals surface area contributed by atoms with Crippen LogP contribution in [0, 0.1) is 12.7 Å². The van der Waals surface area contributed by atoms with E-state index in [0.717, 1.165) is 30.4 Å². The predicted molar refractivity (Wildman–Crippen MR) is 70.9 cm³/mol. The fourth-order valence-electron chi connectivity index (χ4n) is 2.80. The summed E-state index contributed by atoms with van der Waals surface area (Å²) in [7, 11) is 2.02.